The lowest BCUT2D eigenvalue weighted by atomic mass is 10.2. The lowest BCUT2D eigenvalue weighted by molar-refractivity contribution is -0.119. The van der Waals surface area contributed by atoms with Crippen LogP contribution in [0.15, 0.2) is 41.2 Å². The summed E-state index contributed by atoms with van der Waals surface area (Å²) in [6, 6.07) is 9.88. The average Bonchev–Trinajstić information content (AvgIpc) is 2.98. The fourth-order valence-corrected chi connectivity index (χ4v) is 3.21. The fraction of sp³-hybridized carbons (Fsp3) is 0.118. The van der Waals surface area contributed by atoms with Crippen molar-refractivity contribution in [1.82, 2.24) is 4.98 Å². The minimum atomic E-state index is -0.558. The highest BCUT2D eigenvalue weighted by atomic mass is 32.1. The van der Waals surface area contributed by atoms with E-state index in [2.05, 4.69) is 10.3 Å². The van der Waals surface area contributed by atoms with E-state index >= 15 is 0 Å². The van der Waals surface area contributed by atoms with E-state index in [1.54, 1.807) is 30.3 Å². The van der Waals surface area contributed by atoms with E-state index in [-0.39, 0.29) is 18.1 Å². The van der Waals surface area contributed by atoms with Gasteiger partial charge in [-0.15, -0.1) is 11.3 Å². The third-order valence-corrected chi connectivity index (χ3v) is 4.53. The molecule has 25 heavy (non-hydrogen) atoms. The summed E-state index contributed by atoms with van der Waals surface area (Å²) < 4.78 is 5.23. The predicted molar refractivity (Wildman–Crippen MR) is 96.3 cm³/mol. The summed E-state index contributed by atoms with van der Waals surface area (Å²) in [7, 11) is 0. The molecule has 2 amide bonds. The third kappa shape index (κ3) is 3.86. The second-order valence-electron chi connectivity index (χ2n) is 5.40. The number of carbonyl (C=O) groups is 2. The number of benzene rings is 1. The number of carbonyl (C=O) groups excluding carboxylic acids is 2. The normalized spacial score (nSPS) is 10.6. The molecule has 0 aliphatic rings. The molecule has 0 aliphatic carbocycles. The number of primary amides is 1. The van der Waals surface area contributed by atoms with Crippen LogP contribution in [0.2, 0.25) is 0 Å². The van der Waals surface area contributed by atoms with Crippen LogP contribution in [0.1, 0.15) is 15.2 Å². The van der Waals surface area contributed by atoms with Crippen LogP contribution >= 0.6 is 11.3 Å². The molecule has 3 rings (SSSR count). The topological polar surface area (TPSA) is 114 Å². The van der Waals surface area contributed by atoms with Crippen LogP contribution in [-0.4, -0.2) is 23.4 Å². The highest BCUT2D eigenvalue weighted by molar-refractivity contribution is 7.20. The maximum Gasteiger partial charge on any atom is 0.265 e. The number of H-pyrrole nitrogens is 1. The number of amides is 2. The van der Waals surface area contributed by atoms with Gasteiger partial charge in [-0.25, -0.2) is 0 Å². The first-order chi connectivity index (χ1) is 11.9. The number of pyridine rings is 1. The Kier molecular flexibility index (Phi) is 4.53. The Labute approximate surface area is 146 Å². The molecule has 0 aliphatic heterocycles. The zero-order valence-corrected chi connectivity index (χ0v) is 14.1. The van der Waals surface area contributed by atoms with Crippen molar-refractivity contribution in [1.29, 1.82) is 0 Å². The smallest absolute Gasteiger partial charge is 0.265 e. The van der Waals surface area contributed by atoms with Crippen LogP contribution in [0, 0.1) is 6.92 Å². The van der Waals surface area contributed by atoms with E-state index in [1.807, 2.05) is 6.92 Å². The molecule has 2 aromatic heterocycles. The number of fused-ring (bicyclic) bond motifs is 1. The minimum Gasteiger partial charge on any atom is -0.484 e. The van der Waals surface area contributed by atoms with E-state index < -0.39 is 5.91 Å². The summed E-state index contributed by atoms with van der Waals surface area (Å²) in [5, 5.41) is 3.63. The van der Waals surface area contributed by atoms with Gasteiger partial charge in [0.2, 0.25) is 5.56 Å². The summed E-state index contributed by atoms with van der Waals surface area (Å²) in [6.07, 6.45) is 0. The summed E-state index contributed by atoms with van der Waals surface area (Å²) in [5.41, 5.74) is 6.24. The van der Waals surface area contributed by atoms with Gasteiger partial charge in [0.15, 0.2) is 6.61 Å². The van der Waals surface area contributed by atoms with Crippen LogP contribution in [-0.2, 0) is 4.79 Å². The molecule has 2 heterocycles. The number of aryl methyl sites for hydroxylation is 1. The largest absolute Gasteiger partial charge is 0.484 e. The monoisotopic (exact) mass is 357 g/mol. The van der Waals surface area contributed by atoms with Crippen LogP contribution in [0.5, 0.6) is 5.75 Å². The third-order valence-electron chi connectivity index (χ3n) is 3.46. The van der Waals surface area contributed by atoms with Gasteiger partial charge in [-0.3, -0.25) is 14.4 Å². The maximum atomic E-state index is 12.4. The van der Waals surface area contributed by atoms with Gasteiger partial charge in [-0.05, 0) is 42.8 Å². The zero-order valence-electron chi connectivity index (χ0n) is 13.3. The number of nitrogens with one attached hydrogen (secondary N) is 2. The van der Waals surface area contributed by atoms with E-state index in [9.17, 15) is 14.4 Å². The van der Waals surface area contributed by atoms with Crippen molar-refractivity contribution in [3.05, 3.63) is 57.2 Å². The van der Waals surface area contributed by atoms with Crippen molar-refractivity contribution < 1.29 is 14.3 Å². The molecule has 7 nitrogen and oxygen atoms in total. The molecule has 0 fully saturated rings. The van der Waals surface area contributed by atoms with Crippen LogP contribution in [0.4, 0.5) is 5.69 Å². The summed E-state index contributed by atoms with van der Waals surface area (Å²) in [5.74, 6) is -0.331. The molecule has 0 saturated carbocycles. The van der Waals surface area contributed by atoms with Crippen LogP contribution in [0.3, 0.4) is 0 Å². The quantitative estimate of drug-likeness (QED) is 0.648. The SMILES string of the molecule is Cc1cc(OCC(N)=O)ccc1NC(=O)c1cc2ccc(=O)[nH]c2s1. The first-order valence-electron chi connectivity index (χ1n) is 7.38. The van der Waals surface area contributed by atoms with Gasteiger partial charge in [0.25, 0.3) is 11.8 Å². The lowest BCUT2D eigenvalue weighted by Gasteiger charge is -2.10. The number of hydrogen-bond donors (Lipinski definition) is 3. The number of anilines is 1. The first kappa shape index (κ1) is 16.7. The number of aromatic amines is 1. The van der Waals surface area contributed by atoms with E-state index in [0.717, 1.165) is 10.9 Å². The van der Waals surface area contributed by atoms with Gasteiger partial charge in [-0.1, -0.05) is 0 Å². The molecule has 128 valence electrons. The molecule has 0 saturated heterocycles. The molecule has 0 spiro atoms. The van der Waals surface area contributed by atoms with Crippen molar-refractivity contribution >= 4 is 39.1 Å². The van der Waals surface area contributed by atoms with Crippen molar-refractivity contribution in [2.24, 2.45) is 5.73 Å². The van der Waals surface area contributed by atoms with Crippen LogP contribution in [0.25, 0.3) is 10.2 Å². The van der Waals surface area contributed by atoms with Crippen molar-refractivity contribution in [2.45, 2.75) is 6.92 Å². The van der Waals surface area contributed by atoms with E-state index in [0.29, 0.717) is 21.1 Å². The average molecular weight is 357 g/mol. The van der Waals surface area contributed by atoms with Crippen molar-refractivity contribution in [3.63, 3.8) is 0 Å². The second kappa shape index (κ2) is 6.78. The van der Waals surface area contributed by atoms with E-state index in [4.69, 9.17) is 10.5 Å². The summed E-state index contributed by atoms with van der Waals surface area (Å²) >= 11 is 1.22. The standard InChI is InChI=1S/C17H15N3O4S/c1-9-6-11(24-8-14(18)21)3-4-12(9)19-16(23)13-7-10-2-5-15(22)20-17(10)25-13/h2-7H,8H2,1H3,(H2,18,21)(H,19,23)(H,20,22). The predicted octanol–water partition coefficient (Wildman–Crippen LogP) is 2.01. The molecule has 0 radical (unpaired) electrons. The molecular formula is C17H15N3O4S. The molecule has 3 aromatic rings. The Hall–Kier alpha value is -3.13. The minimum absolute atomic E-state index is 0.203. The van der Waals surface area contributed by atoms with Gasteiger partial charge in [-0.2, -0.15) is 0 Å². The molecule has 1 aromatic carbocycles. The molecule has 0 atom stereocenters. The Morgan fingerprint density at radius 1 is 1.24 bits per heavy atom. The molecule has 0 unspecified atom stereocenters. The van der Waals surface area contributed by atoms with Gasteiger partial charge in [0.05, 0.1) is 4.88 Å². The van der Waals surface area contributed by atoms with Crippen LogP contribution < -0.4 is 21.3 Å². The Balaban J connectivity index is 1.77. The maximum absolute atomic E-state index is 12.4. The highest BCUT2D eigenvalue weighted by Gasteiger charge is 2.12. The summed E-state index contributed by atoms with van der Waals surface area (Å²) in [6.45, 7) is 1.61. The molecule has 0 bridgehead atoms. The number of rotatable bonds is 5. The summed E-state index contributed by atoms with van der Waals surface area (Å²) in [4.78, 5) is 38.4. The second-order valence-corrected chi connectivity index (χ2v) is 6.46. The number of nitrogens with two attached hydrogens (primary N) is 1. The van der Waals surface area contributed by atoms with Crippen molar-refractivity contribution in [3.8, 4) is 5.75 Å². The first-order valence-corrected chi connectivity index (χ1v) is 8.20. The zero-order chi connectivity index (χ0) is 18.0. The van der Waals surface area contributed by atoms with E-state index in [1.165, 1.54) is 17.4 Å². The Morgan fingerprint density at radius 3 is 2.76 bits per heavy atom. The Bertz CT molecular complexity index is 1020. The number of thiophene rings is 1. The number of ether oxygens (including phenoxy) is 1. The molecular weight excluding hydrogens is 342 g/mol. The fourth-order valence-electron chi connectivity index (χ4n) is 2.26. The number of hydrogen-bond acceptors (Lipinski definition) is 5. The molecule has 8 heteroatoms. The highest BCUT2D eigenvalue weighted by Crippen LogP contribution is 2.25. The number of aromatic nitrogens is 1. The lowest BCUT2D eigenvalue weighted by Crippen LogP contribution is -2.20. The van der Waals surface area contributed by atoms with Gasteiger partial charge < -0.3 is 20.8 Å². The van der Waals surface area contributed by atoms with Gasteiger partial charge in [0.1, 0.15) is 10.6 Å². The Morgan fingerprint density at radius 2 is 2.04 bits per heavy atom. The molecule has 4 N–H and O–H groups in total. The van der Waals surface area contributed by atoms with Gasteiger partial charge >= 0.3 is 0 Å². The van der Waals surface area contributed by atoms with Crippen molar-refractivity contribution in [2.75, 3.05) is 11.9 Å². The van der Waals surface area contributed by atoms with Gasteiger partial charge in [0, 0.05) is 17.1 Å².